The zero-order chi connectivity index (χ0) is 15.8. The van der Waals surface area contributed by atoms with Gasteiger partial charge in [0.2, 0.25) is 0 Å². The molecule has 0 fully saturated rings. The van der Waals surface area contributed by atoms with Crippen molar-refractivity contribution in [1.29, 1.82) is 0 Å². The van der Waals surface area contributed by atoms with E-state index >= 15 is 0 Å². The van der Waals surface area contributed by atoms with Crippen LogP contribution in [0.5, 0.6) is 5.75 Å². The summed E-state index contributed by atoms with van der Waals surface area (Å²) in [6, 6.07) is 6.74. The fraction of sp³-hybridized carbons (Fsp3) is 0.143. The Hall–Kier alpha value is -3.16. The number of amides is 2. The molecule has 1 aromatic carbocycles. The average Bonchev–Trinajstić information content (AvgIpc) is 3.08. The lowest BCUT2D eigenvalue weighted by Crippen LogP contribution is -2.36. The van der Waals surface area contributed by atoms with Crippen molar-refractivity contribution in [2.45, 2.75) is 0 Å². The topological polar surface area (TPSA) is 97.6 Å². The van der Waals surface area contributed by atoms with Gasteiger partial charge in [0.1, 0.15) is 18.6 Å². The Bertz CT molecular complexity index is 650. The van der Waals surface area contributed by atoms with Crippen LogP contribution >= 0.6 is 0 Å². The number of carbonyl (C=O) groups excluding carboxylic acids is 2. The summed E-state index contributed by atoms with van der Waals surface area (Å²) in [6.45, 7) is -0.184. The Morgan fingerprint density at radius 1 is 1.36 bits per heavy atom. The molecule has 0 aliphatic heterocycles. The molecule has 0 aliphatic rings. The quantitative estimate of drug-likeness (QED) is 0.624. The molecule has 2 amide bonds. The molecule has 1 aromatic heterocycles. The zero-order valence-corrected chi connectivity index (χ0v) is 11.9. The monoisotopic (exact) mass is 301 g/mol. The first kappa shape index (κ1) is 15.2. The Labute approximate surface area is 126 Å². The standard InChI is InChI=1S/C14H15N5O3/c1-22-12-4-2-11(3-5-12)8-17-18-13(20)9-16-14(21)19-7-6-15-10-19/h2-8,10H,9H2,1H3,(H,16,21)(H,18,20). The molecular formula is C14H15N5O3. The second-order valence-electron chi connectivity index (χ2n) is 4.19. The van der Waals surface area contributed by atoms with Gasteiger partial charge in [0, 0.05) is 12.4 Å². The van der Waals surface area contributed by atoms with E-state index in [0.717, 1.165) is 11.3 Å². The van der Waals surface area contributed by atoms with Gasteiger partial charge in [-0.2, -0.15) is 5.10 Å². The third-order valence-corrected chi connectivity index (χ3v) is 2.66. The highest BCUT2D eigenvalue weighted by Crippen LogP contribution is 2.09. The number of nitrogens with zero attached hydrogens (tertiary/aromatic N) is 3. The number of nitrogens with one attached hydrogen (secondary N) is 2. The fourth-order valence-electron chi connectivity index (χ4n) is 1.53. The van der Waals surface area contributed by atoms with Gasteiger partial charge in [-0.3, -0.25) is 9.36 Å². The lowest BCUT2D eigenvalue weighted by molar-refractivity contribution is -0.120. The number of imidazole rings is 1. The van der Waals surface area contributed by atoms with Crippen LogP contribution in [0.15, 0.2) is 48.1 Å². The SMILES string of the molecule is COc1ccc(C=NNC(=O)CNC(=O)n2ccnc2)cc1. The zero-order valence-electron chi connectivity index (χ0n) is 11.9. The maximum absolute atomic E-state index is 11.5. The first-order valence-corrected chi connectivity index (χ1v) is 6.41. The molecule has 1 heterocycles. The molecule has 0 bridgehead atoms. The third kappa shape index (κ3) is 4.44. The predicted octanol–water partition coefficient (Wildman–Crippen LogP) is 0.600. The van der Waals surface area contributed by atoms with Crippen molar-refractivity contribution < 1.29 is 14.3 Å². The van der Waals surface area contributed by atoms with Gasteiger partial charge in [0.05, 0.1) is 13.3 Å². The molecule has 0 saturated carbocycles. The molecular weight excluding hydrogens is 286 g/mol. The van der Waals surface area contributed by atoms with Gasteiger partial charge in [0.15, 0.2) is 0 Å². The van der Waals surface area contributed by atoms with Crippen molar-refractivity contribution in [2.24, 2.45) is 5.10 Å². The van der Waals surface area contributed by atoms with Gasteiger partial charge >= 0.3 is 6.03 Å². The largest absolute Gasteiger partial charge is 0.497 e. The van der Waals surface area contributed by atoms with Crippen LogP contribution in [0.3, 0.4) is 0 Å². The second-order valence-corrected chi connectivity index (χ2v) is 4.19. The van der Waals surface area contributed by atoms with Crippen LogP contribution in [0.2, 0.25) is 0 Å². The minimum Gasteiger partial charge on any atom is -0.497 e. The molecule has 0 spiro atoms. The van der Waals surface area contributed by atoms with E-state index in [1.807, 2.05) is 0 Å². The van der Waals surface area contributed by atoms with E-state index in [1.54, 1.807) is 31.4 Å². The van der Waals surface area contributed by atoms with Crippen molar-refractivity contribution in [2.75, 3.05) is 13.7 Å². The Morgan fingerprint density at radius 3 is 2.77 bits per heavy atom. The van der Waals surface area contributed by atoms with Crippen LogP contribution in [0.4, 0.5) is 4.79 Å². The van der Waals surface area contributed by atoms with Crippen molar-refractivity contribution >= 4 is 18.2 Å². The number of hydrogen-bond acceptors (Lipinski definition) is 5. The first-order chi connectivity index (χ1) is 10.7. The van der Waals surface area contributed by atoms with Gasteiger partial charge in [-0.25, -0.2) is 15.2 Å². The van der Waals surface area contributed by atoms with Gasteiger partial charge in [-0.1, -0.05) is 0 Å². The summed E-state index contributed by atoms with van der Waals surface area (Å²) in [5.74, 6) is 0.307. The minimum absolute atomic E-state index is 0.184. The molecule has 0 unspecified atom stereocenters. The van der Waals surface area contributed by atoms with Crippen LogP contribution in [-0.4, -0.2) is 41.4 Å². The molecule has 8 nitrogen and oxygen atoms in total. The van der Waals surface area contributed by atoms with Gasteiger partial charge < -0.3 is 10.1 Å². The molecule has 0 saturated heterocycles. The van der Waals surface area contributed by atoms with E-state index < -0.39 is 11.9 Å². The molecule has 2 N–H and O–H groups in total. The number of carbonyl (C=O) groups is 2. The molecule has 2 aromatic rings. The maximum Gasteiger partial charge on any atom is 0.327 e. The van der Waals surface area contributed by atoms with Crippen LogP contribution in [0, 0.1) is 0 Å². The van der Waals surface area contributed by atoms with E-state index in [-0.39, 0.29) is 6.54 Å². The van der Waals surface area contributed by atoms with Crippen molar-refractivity contribution in [3.8, 4) is 5.75 Å². The van der Waals surface area contributed by atoms with Gasteiger partial charge in [-0.05, 0) is 29.8 Å². The first-order valence-electron chi connectivity index (χ1n) is 6.41. The highest BCUT2D eigenvalue weighted by molar-refractivity contribution is 5.86. The number of ether oxygens (including phenoxy) is 1. The maximum atomic E-state index is 11.5. The number of hydrazone groups is 1. The summed E-state index contributed by atoms with van der Waals surface area (Å²) in [5, 5.41) is 6.23. The molecule has 0 radical (unpaired) electrons. The molecule has 0 atom stereocenters. The van der Waals surface area contributed by atoms with Gasteiger partial charge in [0.25, 0.3) is 5.91 Å². The number of benzene rings is 1. The molecule has 0 aliphatic carbocycles. The molecule has 2 rings (SSSR count). The number of aromatic nitrogens is 2. The summed E-state index contributed by atoms with van der Waals surface area (Å²) < 4.78 is 6.27. The number of methoxy groups -OCH3 is 1. The molecule has 22 heavy (non-hydrogen) atoms. The summed E-state index contributed by atoms with van der Waals surface area (Å²) in [7, 11) is 1.58. The summed E-state index contributed by atoms with van der Waals surface area (Å²) >= 11 is 0. The average molecular weight is 301 g/mol. The Balaban J connectivity index is 1.75. The smallest absolute Gasteiger partial charge is 0.327 e. The molecule has 114 valence electrons. The predicted molar refractivity (Wildman–Crippen MR) is 79.8 cm³/mol. The normalized spacial score (nSPS) is 10.4. The van der Waals surface area contributed by atoms with Crippen molar-refractivity contribution in [1.82, 2.24) is 20.3 Å². The Morgan fingerprint density at radius 2 is 2.14 bits per heavy atom. The fourth-order valence-corrected chi connectivity index (χ4v) is 1.53. The summed E-state index contributed by atoms with van der Waals surface area (Å²) in [6.07, 6.45) is 5.79. The lowest BCUT2D eigenvalue weighted by Gasteiger charge is -2.03. The minimum atomic E-state index is -0.438. The van der Waals surface area contributed by atoms with Gasteiger partial charge in [-0.15, -0.1) is 0 Å². The second kappa shape index (κ2) is 7.58. The highest BCUT2D eigenvalue weighted by Gasteiger charge is 2.05. The van der Waals surface area contributed by atoms with E-state index in [0.29, 0.717) is 0 Å². The highest BCUT2D eigenvalue weighted by atomic mass is 16.5. The van der Waals surface area contributed by atoms with E-state index in [9.17, 15) is 9.59 Å². The summed E-state index contributed by atoms with van der Waals surface area (Å²) in [5.41, 5.74) is 3.13. The van der Waals surface area contributed by atoms with E-state index in [1.165, 1.54) is 29.5 Å². The summed E-state index contributed by atoms with van der Waals surface area (Å²) in [4.78, 5) is 26.8. The third-order valence-electron chi connectivity index (χ3n) is 2.66. The van der Waals surface area contributed by atoms with Crippen LogP contribution in [-0.2, 0) is 4.79 Å². The van der Waals surface area contributed by atoms with Crippen molar-refractivity contribution in [3.63, 3.8) is 0 Å². The molecule has 8 heteroatoms. The lowest BCUT2D eigenvalue weighted by atomic mass is 10.2. The van der Waals surface area contributed by atoms with Crippen LogP contribution < -0.4 is 15.5 Å². The number of rotatable bonds is 5. The number of hydrogen-bond donors (Lipinski definition) is 2. The Kier molecular flexibility index (Phi) is 5.25. The van der Waals surface area contributed by atoms with E-state index in [4.69, 9.17) is 4.74 Å². The van der Waals surface area contributed by atoms with Crippen LogP contribution in [0.1, 0.15) is 5.56 Å². The van der Waals surface area contributed by atoms with Crippen molar-refractivity contribution in [3.05, 3.63) is 48.5 Å². The van der Waals surface area contributed by atoms with E-state index in [2.05, 4.69) is 20.8 Å². The van der Waals surface area contributed by atoms with Crippen LogP contribution in [0.25, 0.3) is 0 Å².